The second-order valence-electron chi connectivity index (χ2n) is 6.70. The average molecular weight is 403 g/mol. The van der Waals surface area contributed by atoms with Crippen LogP contribution >= 0.6 is 11.6 Å². The van der Waals surface area contributed by atoms with Gasteiger partial charge in [-0.1, -0.05) is 29.3 Å². The molecule has 1 N–H and O–H groups in total. The van der Waals surface area contributed by atoms with E-state index in [4.69, 9.17) is 16.3 Å². The molecular weight excluding hydrogens is 380 g/mol. The maximum absolute atomic E-state index is 12.7. The van der Waals surface area contributed by atoms with Gasteiger partial charge in [-0.3, -0.25) is 0 Å². The smallest absolute Gasteiger partial charge is 0.338 e. The molecule has 0 unspecified atom stereocenters. The number of rotatable bonds is 4. The average Bonchev–Trinajstić information content (AvgIpc) is 2.94. The number of urea groups is 1. The number of hydrogen-bond donors (Lipinski definition) is 1. The third kappa shape index (κ3) is 3.38. The number of esters is 1. The van der Waals surface area contributed by atoms with Gasteiger partial charge in [-0.25, -0.2) is 14.3 Å². The predicted molar refractivity (Wildman–Crippen MR) is 106 cm³/mol. The Hall–Kier alpha value is -2.80. The Morgan fingerprint density at radius 1 is 1.25 bits per heavy atom. The number of benzene rings is 1. The summed E-state index contributed by atoms with van der Waals surface area (Å²) in [5.74, 6) is -0.490. The topological polar surface area (TPSA) is 76.5 Å². The Morgan fingerprint density at radius 3 is 2.50 bits per heavy atom. The Kier molecular flexibility index (Phi) is 5.47. The molecule has 0 saturated carbocycles. The van der Waals surface area contributed by atoms with E-state index < -0.39 is 12.0 Å². The van der Waals surface area contributed by atoms with E-state index in [1.807, 2.05) is 31.2 Å². The van der Waals surface area contributed by atoms with E-state index in [1.54, 1.807) is 32.5 Å². The maximum Gasteiger partial charge on any atom is 0.338 e. The molecule has 0 aliphatic carbocycles. The minimum Gasteiger partial charge on any atom is -0.463 e. The molecule has 28 heavy (non-hydrogen) atoms. The quantitative estimate of drug-likeness (QED) is 0.791. The number of carbonyl (C=O) groups excluding carboxylic acids is 2. The third-order valence-corrected chi connectivity index (χ3v) is 5.23. The number of allylic oxidation sites excluding steroid dienone is 1. The van der Waals surface area contributed by atoms with Crippen LogP contribution in [0.5, 0.6) is 0 Å². The second kappa shape index (κ2) is 7.67. The number of amides is 2. The van der Waals surface area contributed by atoms with E-state index in [-0.39, 0.29) is 12.6 Å². The molecule has 0 fully saturated rings. The highest BCUT2D eigenvalue weighted by molar-refractivity contribution is 6.31. The summed E-state index contributed by atoms with van der Waals surface area (Å²) in [6.45, 7) is 7.48. The molecule has 0 bridgehead atoms. The van der Waals surface area contributed by atoms with Gasteiger partial charge in [0.05, 0.1) is 29.6 Å². The van der Waals surface area contributed by atoms with Gasteiger partial charge in [0.25, 0.3) is 0 Å². The lowest BCUT2D eigenvalue weighted by Crippen LogP contribution is -2.46. The first-order valence-corrected chi connectivity index (χ1v) is 9.38. The summed E-state index contributed by atoms with van der Waals surface area (Å²) >= 11 is 6.68. The summed E-state index contributed by atoms with van der Waals surface area (Å²) < 4.78 is 6.83. The number of halogens is 1. The Labute approximate surface area is 168 Å². The molecule has 0 saturated heterocycles. The number of aromatic nitrogens is 2. The fourth-order valence-corrected chi connectivity index (χ4v) is 3.60. The second-order valence-corrected chi connectivity index (χ2v) is 7.06. The molecule has 1 aliphatic rings. The minimum absolute atomic E-state index is 0.231. The molecule has 1 aromatic heterocycles. The molecule has 2 aromatic rings. The van der Waals surface area contributed by atoms with Crippen molar-refractivity contribution in [2.24, 2.45) is 0 Å². The highest BCUT2D eigenvalue weighted by Gasteiger charge is 2.38. The van der Waals surface area contributed by atoms with Crippen molar-refractivity contribution in [2.75, 3.05) is 13.7 Å². The fraction of sp³-hybridized carbons (Fsp3) is 0.350. The summed E-state index contributed by atoms with van der Waals surface area (Å²) in [6, 6.07) is 6.70. The monoisotopic (exact) mass is 402 g/mol. The van der Waals surface area contributed by atoms with Crippen molar-refractivity contribution in [1.29, 1.82) is 0 Å². The molecule has 0 radical (unpaired) electrons. The number of ether oxygens (including phenoxy) is 1. The number of nitrogens with one attached hydrogen (secondary N) is 1. The zero-order valence-electron chi connectivity index (χ0n) is 16.5. The number of aryl methyl sites for hydroxylation is 2. The van der Waals surface area contributed by atoms with Crippen LogP contribution < -0.4 is 5.32 Å². The molecule has 2 heterocycles. The SMILES string of the molecule is CCOC(=O)C1=C(C)N(C)C(=O)N[C@H]1c1c(C)nn(-c2ccc(C)cc2)c1Cl. The van der Waals surface area contributed by atoms with Gasteiger partial charge in [0, 0.05) is 18.3 Å². The van der Waals surface area contributed by atoms with Crippen LogP contribution in [0.25, 0.3) is 5.69 Å². The number of nitrogens with zero attached hydrogens (tertiary/aromatic N) is 3. The first-order chi connectivity index (χ1) is 13.3. The molecule has 0 spiro atoms. The van der Waals surface area contributed by atoms with E-state index in [1.165, 1.54) is 4.90 Å². The summed E-state index contributed by atoms with van der Waals surface area (Å²) in [5.41, 5.74) is 3.97. The van der Waals surface area contributed by atoms with Crippen LogP contribution in [0.1, 0.15) is 36.7 Å². The zero-order chi connectivity index (χ0) is 20.6. The molecule has 3 rings (SSSR count). The van der Waals surface area contributed by atoms with Crippen molar-refractivity contribution < 1.29 is 14.3 Å². The molecule has 148 valence electrons. The predicted octanol–water partition coefficient (Wildman–Crippen LogP) is 3.68. The van der Waals surface area contributed by atoms with E-state index in [0.717, 1.165) is 11.3 Å². The zero-order valence-corrected chi connectivity index (χ0v) is 17.3. The lowest BCUT2D eigenvalue weighted by atomic mass is 9.95. The molecular formula is C20H23ClN4O3. The van der Waals surface area contributed by atoms with Gasteiger partial charge in [-0.2, -0.15) is 5.10 Å². The van der Waals surface area contributed by atoms with Crippen LogP contribution in [-0.4, -0.2) is 40.3 Å². The molecule has 1 atom stereocenters. The molecule has 1 aromatic carbocycles. The van der Waals surface area contributed by atoms with Crippen molar-refractivity contribution in [3.05, 3.63) is 57.5 Å². The highest BCUT2D eigenvalue weighted by Crippen LogP contribution is 2.37. The first kappa shape index (κ1) is 19.9. The van der Waals surface area contributed by atoms with Crippen LogP contribution in [0.4, 0.5) is 4.79 Å². The lowest BCUT2D eigenvalue weighted by Gasteiger charge is -2.33. The Balaban J connectivity index is 2.14. The summed E-state index contributed by atoms with van der Waals surface area (Å²) in [6.07, 6.45) is 0. The largest absolute Gasteiger partial charge is 0.463 e. The standard InChI is InChI=1S/C20H23ClN4O3/c1-6-28-19(26)16-13(4)24(5)20(27)22-17(16)15-12(3)23-25(18(15)21)14-9-7-11(2)8-10-14/h7-10,17H,6H2,1-5H3,(H,22,27)/t17-/m0/s1. The van der Waals surface area contributed by atoms with Crippen molar-refractivity contribution in [3.63, 3.8) is 0 Å². The van der Waals surface area contributed by atoms with Crippen LogP contribution in [0.15, 0.2) is 35.5 Å². The fourth-order valence-electron chi connectivity index (χ4n) is 3.22. The van der Waals surface area contributed by atoms with Gasteiger partial charge < -0.3 is 15.0 Å². The molecule has 2 amide bonds. The Bertz CT molecular complexity index is 963. The number of hydrogen-bond acceptors (Lipinski definition) is 4. The van der Waals surface area contributed by atoms with E-state index in [0.29, 0.717) is 27.7 Å². The molecule has 1 aliphatic heterocycles. The van der Waals surface area contributed by atoms with Gasteiger partial charge in [-0.15, -0.1) is 0 Å². The summed E-state index contributed by atoms with van der Waals surface area (Å²) in [7, 11) is 1.60. The highest BCUT2D eigenvalue weighted by atomic mass is 35.5. The van der Waals surface area contributed by atoms with Crippen molar-refractivity contribution in [1.82, 2.24) is 20.0 Å². The van der Waals surface area contributed by atoms with Gasteiger partial charge >= 0.3 is 12.0 Å². The van der Waals surface area contributed by atoms with Crippen LogP contribution in [0.3, 0.4) is 0 Å². The maximum atomic E-state index is 12.7. The van der Waals surface area contributed by atoms with Gasteiger partial charge in [0.2, 0.25) is 0 Å². The third-order valence-electron chi connectivity index (χ3n) is 4.86. The number of carbonyl (C=O) groups is 2. The van der Waals surface area contributed by atoms with E-state index in [9.17, 15) is 9.59 Å². The van der Waals surface area contributed by atoms with Gasteiger partial charge in [-0.05, 0) is 39.8 Å². The van der Waals surface area contributed by atoms with Crippen molar-refractivity contribution in [2.45, 2.75) is 33.7 Å². The lowest BCUT2D eigenvalue weighted by molar-refractivity contribution is -0.139. The van der Waals surface area contributed by atoms with Crippen LogP contribution in [0, 0.1) is 13.8 Å². The van der Waals surface area contributed by atoms with Crippen LogP contribution in [-0.2, 0) is 9.53 Å². The van der Waals surface area contributed by atoms with Crippen LogP contribution in [0.2, 0.25) is 5.15 Å². The summed E-state index contributed by atoms with van der Waals surface area (Å²) in [4.78, 5) is 26.4. The normalized spacial score (nSPS) is 17.0. The van der Waals surface area contributed by atoms with E-state index in [2.05, 4.69) is 10.4 Å². The van der Waals surface area contributed by atoms with Crippen molar-refractivity contribution in [3.8, 4) is 5.69 Å². The van der Waals surface area contributed by atoms with Crippen molar-refractivity contribution >= 4 is 23.6 Å². The first-order valence-electron chi connectivity index (χ1n) is 9.00. The molecule has 8 heteroatoms. The van der Waals surface area contributed by atoms with E-state index >= 15 is 0 Å². The Morgan fingerprint density at radius 2 is 1.89 bits per heavy atom. The minimum atomic E-state index is -0.741. The summed E-state index contributed by atoms with van der Waals surface area (Å²) in [5, 5.41) is 7.73. The molecule has 7 nitrogen and oxygen atoms in total. The van der Waals surface area contributed by atoms with Gasteiger partial charge in [0.1, 0.15) is 5.15 Å². The van der Waals surface area contributed by atoms with Gasteiger partial charge in [0.15, 0.2) is 0 Å².